The number of carbonyl (C=O) groups excluding carboxylic acids is 1. The quantitative estimate of drug-likeness (QED) is 0.753. The van der Waals surface area contributed by atoms with Gasteiger partial charge in [-0.3, -0.25) is 4.79 Å². The molecule has 0 radical (unpaired) electrons. The summed E-state index contributed by atoms with van der Waals surface area (Å²) < 4.78 is 0. The molecule has 0 aromatic carbocycles. The minimum absolute atomic E-state index is 0.00981. The molecule has 70 valence electrons. The lowest BCUT2D eigenvalue weighted by Crippen LogP contribution is -2.10. The Morgan fingerprint density at radius 3 is 2.85 bits per heavy atom. The van der Waals surface area contributed by atoms with Gasteiger partial charge in [-0.25, -0.2) is 4.98 Å². The summed E-state index contributed by atoms with van der Waals surface area (Å²) in [5.41, 5.74) is 0. The van der Waals surface area contributed by atoms with Gasteiger partial charge in [0, 0.05) is 17.5 Å². The highest BCUT2D eigenvalue weighted by atomic mass is 32.2. The van der Waals surface area contributed by atoms with E-state index in [2.05, 4.69) is 10.3 Å². The third-order valence-electron chi connectivity index (χ3n) is 1.56. The summed E-state index contributed by atoms with van der Waals surface area (Å²) in [6.07, 6.45) is 4.21. The first-order valence-corrected chi connectivity index (χ1v) is 5.28. The van der Waals surface area contributed by atoms with Crippen molar-refractivity contribution < 1.29 is 4.79 Å². The zero-order chi connectivity index (χ0) is 9.68. The van der Waals surface area contributed by atoms with Gasteiger partial charge in [-0.05, 0) is 18.4 Å². The fourth-order valence-electron chi connectivity index (χ4n) is 0.806. The summed E-state index contributed by atoms with van der Waals surface area (Å²) in [5.74, 6) is 0.606. The van der Waals surface area contributed by atoms with Crippen LogP contribution in [0.5, 0.6) is 0 Å². The van der Waals surface area contributed by atoms with E-state index >= 15 is 0 Å². The minimum atomic E-state index is -0.00981. The van der Waals surface area contributed by atoms with Crippen LogP contribution < -0.4 is 5.32 Å². The highest BCUT2D eigenvalue weighted by molar-refractivity contribution is 7.98. The molecule has 1 aromatic rings. The molecule has 0 bridgehead atoms. The van der Waals surface area contributed by atoms with Crippen molar-refractivity contribution >= 4 is 23.5 Å². The highest BCUT2D eigenvalue weighted by Gasteiger charge is 1.99. The summed E-state index contributed by atoms with van der Waals surface area (Å²) in [6, 6.07) is 3.74. The molecule has 0 saturated heterocycles. The SMILES string of the molecule is CCC(=O)Nc1ccc(SC)cn1. The minimum Gasteiger partial charge on any atom is -0.311 e. The molecule has 3 nitrogen and oxygen atoms in total. The standard InChI is InChI=1S/C9H12N2OS/c1-3-9(12)11-8-5-4-7(13-2)6-10-8/h4-6H,3H2,1-2H3,(H,10,11,12). The Morgan fingerprint density at radius 2 is 2.38 bits per heavy atom. The summed E-state index contributed by atoms with van der Waals surface area (Å²) in [6.45, 7) is 1.81. The van der Waals surface area contributed by atoms with Crippen molar-refractivity contribution in [2.24, 2.45) is 0 Å². The number of hydrogen-bond donors (Lipinski definition) is 1. The fraction of sp³-hybridized carbons (Fsp3) is 0.333. The van der Waals surface area contributed by atoms with E-state index in [1.807, 2.05) is 19.2 Å². The number of anilines is 1. The maximum atomic E-state index is 11.0. The maximum absolute atomic E-state index is 11.0. The first-order chi connectivity index (χ1) is 6.26. The molecule has 1 heterocycles. The third-order valence-corrected chi connectivity index (χ3v) is 2.27. The first kappa shape index (κ1) is 10.1. The zero-order valence-electron chi connectivity index (χ0n) is 7.70. The van der Waals surface area contributed by atoms with E-state index in [-0.39, 0.29) is 5.91 Å². The number of thioether (sulfide) groups is 1. The molecular formula is C9H12N2OS. The van der Waals surface area contributed by atoms with Gasteiger partial charge in [0.25, 0.3) is 0 Å². The number of nitrogens with zero attached hydrogens (tertiary/aromatic N) is 1. The van der Waals surface area contributed by atoms with Crippen molar-refractivity contribution in [1.29, 1.82) is 0 Å². The van der Waals surface area contributed by atoms with Crippen LogP contribution in [0.1, 0.15) is 13.3 Å². The van der Waals surface area contributed by atoms with Gasteiger partial charge >= 0.3 is 0 Å². The van der Waals surface area contributed by atoms with Gasteiger partial charge in [0.15, 0.2) is 0 Å². The molecule has 13 heavy (non-hydrogen) atoms. The molecular weight excluding hydrogens is 184 g/mol. The fourth-order valence-corrected chi connectivity index (χ4v) is 1.17. The zero-order valence-corrected chi connectivity index (χ0v) is 8.52. The van der Waals surface area contributed by atoms with Crippen LogP contribution in [-0.4, -0.2) is 17.1 Å². The average Bonchev–Trinajstić information content (AvgIpc) is 2.19. The van der Waals surface area contributed by atoms with Crippen molar-refractivity contribution in [2.75, 3.05) is 11.6 Å². The monoisotopic (exact) mass is 196 g/mol. The number of hydrogen-bond acceptors (Lipinski definition) is 3. The van der Waals surface area contributed by atoms with E-state index in [1.54, 1.807) is 24.0 Å². The predicted molar refractivity (Wildman–Crippen MR) is 54.9 cm³/mol. The third kappa shape index (κ3) is 3.06. The number of carbonyl (C=O) groups is 1. The van der Waals surface area contributed by atoms with Gasteiger partial charge in [-0.15, -0.1) is 11.8 Å². The maximum Gasteiger partial charge on any atom is 0.225 e. The number of aromatic nitrogens is 1. The van der Waals surface area contributed by atoms with Crippen molar-refractivity contribution in [3.05, 3.63) is 18.3 Å². The van der Waals surface area contributed by atoms with Crippen molar-refractivity contribution in [3.8, 4) is 0 Å². The topological polar surface area (TPSA) is 42.0 Å². The molecule has 0 atom stereocenters. The van der Waals surface area contributed by atoms with Crippen molar-refractivity contribution in [2.45, 2.75) is 18.2 Å². The average molecular weight is 196 g/mol. The molecule has 1 rings (SSSR count). The second kappa shape index (κ2) is 4.87. The van der Waals surface area contributed by atoms with Crippen LogP contribution >= 0.6 is 11.8 Å². The molecule has 0 fully saturated rings. The van der Waals surface area contributed by atoms with Gasteiger partial charge in [0.1, 0.15) is 5.82 Å². The Morgan fingerprint density at radius 1 is 1.62 bits per heavy atom. The molecule has 1 amide bonds. The van der Waals surface area contributed by atoms with E-state index < -0.39 is 0 Å². The van der Waals surface area contributed by atoms with Crippen LogP contribution in [0.3, 0.4) is 0 Å². The Balaban J connectivity index is 2.64. The van der Waals surface area contributed by atoms with E-state index in [1.165, 1.54) is 0 Å². The van der Waals surface area contributed by atoms with E-state index in [4.69, 9.17) is 0 Å². The molecule has 0 spiro atoms. The van der Waals surface area contributed by atoms with Crippen LogP contribution in [0, 0.1) is 0 Å². The van der Waals surface area contributed by atoms with E-state index in [9.17, 15) is 4.79 Å². The Bertz CT molecular complexity index is 284. The van der Waals surface area contributed by atoms with Crippen LogP contribution in [0.2, 0.25) is 0 Å². The van der Waals surface area contributed by atoms with Crippen molar-refractivity contribution in [3.63, 3.8) is 0 Å². The molecule has 0 aliphatic heterocycles. The Kier molecular flexibility index (Phi) is 3.76. The summed E-state index contributed by atoms with van der Waals surface area (Å²) >= 11 is 1.63. The Hall–Kier alpha value is -1.03. The number of rotatable bonds is 3. The van der Waals surface area contributed by atoms with Gasteiger partial charge in [0.05, 0.1) is 0 Å². The molecule has 4 heteroatoms. The van der Waals surface area contributed by atoms with Crippen LogP contribution in [0.15, 0.2) is 23.2 Å². The second-order valence-corrected chi connectivity index (χ2v) is 3.36. The van der Waals surface area contributed by atoms with Gasteiger partial charge in [-0.1, -0.05) is 6.92 Å². The second-order valence-electron chi connectivity index (χ2n) is 2.48. The normalized spacial score (nSPS) is 9.69. The van der Waals surface area contributed by atoms with Gasteiger partial charge < -0.3 is 5.32 Å². The number of nitrogens with one attached hydrogen (secondary N) is 1. The lowest BCUT2D eigenvalue weighted by molar-refractivity contribution is -0.115. The van der Waals surface area contributed by atoms with Gasteiger partial charge in [-0.2, -0.15) is 0 Å². The lowest BCUT2D eigenvalue weighted by Gasteiger charge is -2.02. The molecule has 1 N–H and O–H groups in total. The smallest absolute Gasteiger partial charge is 0.225 e. The highest BCUT2D eigenvalue weighted by Crippen LogP contribution is 2.14. The largest absolute Gasteiger partial charge is 0.311 e. The molecule has 1 aromatic heterocycles. The summed E-state index contributed by atoms with van der Waals surface area (Å²) in [4.78, 5) is 16.2. The lowest BCUT2D eigenvalue weighted by atomic mass is 10.4. The van der Waals surface area contributed by atoms with Gasteiger partial charge in [0.2, 0.25) is 5.91 Å². The van der Waals surface area contributed by atoms with Crippen molar-refractivity contribution in [1.82, 2.24) is 4.98 Å². The summed E-state index contributed by atoms with van der Waals surface area (Å²) in [7, 11) is 0. The Labute approximate surface area is 81.9 Å². The van der Waals surface area contributed by atoms with Crippen LogP contribution in [0.4, 0.5) is 5.82 Å². The molecule has 0 unspecified atom stereocenters. The number of pyridine rings is 1. The van der Waals surface area contributed by atoms with E-state index in [0.29, 0.717) is 12.2 Å². The van der Waals surface area contributed by atoms with Crippen LogP contribution in [0.25, 0.3) is 0 Å². The van der Waals surface area contributed by atoms with Crippen LogP contribution in [-0.2, 0) is 4.79 Å². The molecule has 0 aliphatic rings. The first-order valence-electron chi connectivity index (χ1n) is 4.06. The molecule has 0 aliphatic carbocycles. The summed E-state index contributed by atoms with van der Waals surface area (Å²) in [5, 5.41) is 2.68. The van der Waals surface area contributed by atoms with E-state index in [0.717, 1.165) is 4.90 Å². The molecule has 0 saturated carbocycles. The predicted octanol–water partition coefficient (Wildman–Crippen LogP) is 2.15. The number of amides is 1.